The van der Waals surface area contributed by atoms with Crippen LogP contribution < -0.4 is 16.0 Å². The van der Waals surface area contributed by atoms with Gasteiger partial charge in [-0.1, -0.05) is 0 Å². The molecule has 0 aliphatic carbocycles. The average molecular weight is 285 g/mol. The molecule has 1 fully saturated rings. The van der Waals surface area contributed by atoms with Gasteiger partial charge in [-0.15, -0.1) is 0 Å². The van der Waals surface area contributed by atoms with Crippen LogP contribution in [0.2, 0.25) is 0 Å². The SMILES string of the molecule is COC(C)(C)CC(C)NC(=O)NC1CCCCNC1=O. The van der Waals surface area contributed by atoms with Gasteiger partial charge in [0.25, 0.3) is 0 Å². The van der Waals surface area contributed by atoms with E-state index in [0.717, 1.165) is 12.8 Å². The molecule has 1 aliphatic rings. The summed E-state index contributed by atoms with van der Waals surface area (Å²) in [4.78, 5) is 23.6. The Morgan fingerprint density at radius 3 is 2.85 bits per heavy atom. The van der Waals surface area contributed by atoms with E-state index >= 15 is 0 Å². The predicted molar refractivity (Wildman–Crippen MR) is 77.5 cm³/mol. The minimum atomic E-state index is -0.430. The molecule has 0 aromatic heterocycles. The summed E-state index contributed by atoms with van der Waals surface area (Å²) in [5.74, 6) is -0.0949. The first-order valence-corrected chi connectivity index (χ1v) is 7.24. The Kier molecular flexibility index (Phi) is 6.26. The van der Waals surface area contributed by atoms with E-state index in [0.29, 0.717) is 19.4 Å². The third-order valence-corrected chi connectivity index (χ3v) is 3.57. The van der Waals surface area contributed by atoms with Crippen molar-refractivity contribution in [2.24, 2.45) is 0 Å². The van der Waals surface area contributed by atoms with E-state index in [9.17, 15) is 9.59 Å². The molecule has 0 saturated carbocycles. The van der Waals surface area contributed by atoms with E-state index in [2.05, 4.69) is 16.0 Å². The summed E-state index contributed by atoms with van der Waals surface area (Å²) in [6, 6.07) is -0.759. The van der Waals surface area contributed by atoms with Gasteiger partial charge in [-0.25, -0.2) is 4.79 Å². The van der Waals surface area contributed by atoms with Crippen LogP contribution in [0.4, 0.5) is 4.79 Å². The van der Waals surface area contributed by atoms with Crippen molar-refractivity contribution in [2.75, 3.05) is 13.7 Å². The van der Waals surface area contributed by atoms with Crippen LogP contribution >= 0.6 is 0 Å². The summed E-state index contributed by atoms with van der Waals surface area (Å²) < 4.78 is 5.34. The topological polar surface area (TPSA) is 79.5 Å². The van der Waals surface area contributed by atoms with E-state index in [1.165, 1.54) is 0 Å². The molecule has 20 heavy (non-hydrogen) atoms. The van der Waals surface area contributed by atoms with Crippen molar-refractivity contribution in [2.45, 2.75) is 64.1 Å². The predicted octanol–water partition coefficient (Wildman–Crippen LogP) is 1.16. The third kappa shape index (κ3) is 5.77. The number of urea groups is 1. The quantitative estimate of drug-likeness (QED) is 0.709. The van der Waals surface area contributed by atoms with Crippen molar-refractivity contribution >= 4 is 11.9 Å². The molecular weight excluding hydrogens is 258 g/mol. The summed E-state index contributed by atoms with van der Waals surface area (Å²) in [6.07, 6.45) is 3.30. The van der Waals surface area contributed by atoms with Crippen molar-refractivity contribution < 1.29 is 14.3 Å². The van der Waals surface area contributed by atoms with Crippen molar-refractivity contribution in [1.82, 2.24) is 16.0 Å². The minimum Gasteiger partial charge on any atom is -0.379 e. The van der Waals surface area contributed by atoms with Gasteiger partial charge in [-0.05, 0) is 46.5 Å². The first-order valence-electron chi connectivity index (χ1n) is 7.24. The summed E-state index contributed by atoms with van der Waals surface area (Å²) in [7, 11) is 1.66. The Bertz CT molecular complexity index is 345. The monoisotopic (exact) mass is 285 g/mol. The van der Waals surface area contributed by atoms with E-state index < -0.39 is 6.04 Å². The molecular formula is C14H27N3O3. The number of amides is 3. The van der Waals surface area contributed by atoms with Gasteiger partial charge in [0.2, 0.25) is 5.91 Å². The molecule has 3 amide bonds. The maximum atomic E-state index is 11.9. The van der Waals surface area contributed by atoms with Gasteiger partial charge >= 0.3 is 6.03 Å². The van der Waals surface area contributed by atoms with Crippen LogP contribution in [-0.2, 0) is 9.53 Å². The molecule has 6 nitrogen and oxygen atoms in total. The number of carbonyl (C=O) groups excluding carboxylic acids is 2. The van der Waals surface area contributed by atoms with Crippen LogP contribution in [0.25, 0.3) is 0 Å². The smallest absolute Gasteiger partial charge is 0.315 e. The highest BCUT2D eigenvalue weighted by molar-refractivity contribution is 5.87. The van der Waals surface area contributed by atoms with Crippen molar-refractivity contribution in [3.63, 3.8) is 0 Å². The third-order valence-electron chi connectivity index (χ3n) is 3.57. The second-order valence-electron chi connectivity index (χ2n) is 6.03. The highest BCUT2D eigenvalue weighted by atomic mass is 16.5. The van der Waals surface area contributed by atoms with Crippen molar-refractivity contribution in [3.05, 3.63) is 0 Å². The maximum absolute atomic E-state index is 11.9. The molecule has 1 rings (SSSR count). The van der Waals surface area contributed by atoms with Crippen LogP contribution in [0.1, 0.15) is 46.5 Å². The first kappa shape index (κ1) is 16.8. The number of hydrogen-bond acceptors (Lipinski definition) is 3. The van der Waals surface area contributed by atoms with E-state index in [4.69, 9.17) is 4.74 Å². The van der Waals surface area contributed by atoms with Gasteiger partial charge in [-0.2, -0.15) is 0 Å². The van der Waals surface area contributed by atoms with Crippen molar-refractivity contribution in [3.8, 4) is 0 Å². The molecule has 1 saturated heterocycles. The van der Waals surface area contributed by atoms with E-state index in [1.807, 2.05) is 20.8 Å². The zero-order chi connectivity index (χ0) is 15.2. The fourth-order valence-electron chi connectivity index (χ4n) is 2.37. The standard InChI is InChI=1S/C14H27N3O3/c1-10(9-14(2,3)20-4)16-13(19)17-11-7-5-6-8-15-12(11)18/h10-11H,5-9H2,1-4H3,(H,15,18)(H2,16,17,19). The molecule has 1 aliphatic heterocycles. The van der Waals surface area contributed by atoms with Gasteiger partial charge in [0.1, 0.15) is 6.04 Å². The lowest BCUT2D eigenvalue weighted by atomic mass is 10.00. The summed E-state index contributed by atoms with van der Waals surface area (Å²) in [5, 5.41) is 8.39. The van der Waals surface area contributed by atoms with Crippen LogP contribution in [0.5, 0.6) is 0 Å². The minimum absolute atomic E-state index is 0.0289. The molecule has 0 bridgehead atoms. The number of methoxy groups -OCH3 is 1. The second kappa shape index (κ2) is 7.47. The molecule has 2 unspecified atom stereocenters. The van der Waals surface area contributed by atoms with Crippen LogP contribution in [-0.4, -0.2) is 43.3 Å². The lowest BCUT2D eigenvalue weighted by Crippen LogP contribution is -2.51. The summed E-state index contributed by atoms with van der Waals surface area (Å²) >= 11 is 0. The molecule has 0 aromatic carbocycles. The number of hydrogen-bond donors (Lipinski definition) is 3. The van der Waals surface area contributed by atoms with Gasteiger partial charge in [-0.3, -0.25) is 4.79 Å². The molecule has 0 aromatic rings. The zero-order valence-electron chi connectivity index (χ0n) is 12.9. The largest absolute Gasteiger partial charge is 0.379 e. The summed E-state index contributed by atoms with van der Waals surface area (Å²) in [6.45, 7) is 6.56. The molecule has 116 valence electrons. The van der Waals surface area contributed by atoms with Crippen molar-refractivity contribution in [1.29, 1.82) is 0 Å². The Morgan fingerprint density at radius 1 is 1.50 bits per heavy atom. The Balaban J connectivity index is 2.40. The number of carbonyl (C=O) groups is 2. The number of rotatable bonds is 5. The fraction of sp³-hybridized carbons (Fsp3) is 0.857. The normalized spacial score (nSPS) is 21.6. The van der Waals surface area contributed by atoms with E-state index in [-0.39, 0.29) is 23.6 Å². The number of ether oxygens (including phenoxy) is 1. The van der Waals surface area contributed by atoms with Crippen LogP contribution in [0.3, 0.4) is 0 Å². The Morgan fingerprint density at radius 2 is 2.20 bits per heavy atom. The first-order chi connectivity index (χ1) is 9.34. The molecule has 0 spiro atoms. The summed E-state index contributed by atoms with van der Waals surface area (Å²) in [5.41, 5.74) is -0.285. The van der Waals surface area contributed by atoms with Gasteiger partial charge in [0, 0.05) is 19.7 Å². The molecule has 3 N–H and O–H groups in total. The lowest BCUT2D eigenvalue weighted by Gasteiger charge is -2.27. The average Bonchev–Trinajstić information content (AvgIpc) is 2.54. The van der Waals surface area contributed by atoms with E-state index in [1.54, 1.807) is 7.11 Å². The van der Waals surface area contributed by atoms with Crippen LogP contribution in [0.15, 0.2) is 0 Å². The fourth-order valence-corrected chi connectivity index (χ4v) is 2.37. The van der Waals surface area contributed by atoms with Gasteiger partial charge in [0.05, 0.1) is 5.60 Å². The van der Waals surface area contributed by atoms with Gasteiger partial charge in [0.15, 0.2) is 0 Å². The Labute approximate surface area is 121 Å². The highest BCUT2D eigenvalue weighted by Gasteiger charge is 2.24. The molecule has 6 heteroatoms. The number of nitrogens with one attached hydrogen (secondary N) is 3. The Hall–Kier alpha value is -1.30. The second-order valence-corrected chi connectivity index (χ2v) is 6.03. The lowest BCUT2D eigenvalue weighted by molar-refractivity contribution is -0.122. The highest BCUT2D eigenvalue weighted by Crippen LogP contribution is 2.15. The van der Waals surface area contributed by atoms with Crippen LogP contribution in [0, 0.1) is 0 Å². The maximum Gasteiger partial charge on any atom is 0.315 e. The zero-order valence-corrected chi connectivity index (χ0v) is 12.9. The molecule has 1 heterocycles. The van der Waals surface area contributed by atoms with Gasteiger partial charge < -0.3 is 20.7 Å². The molecule has 2 atom stereocenters. The molecule has 0 radical (unpaired) electrons.